The predicted molar refractivity (Wildman–Crippen MR) is 83.3 cm³/mol. The number of imidazole rings is 1. The Balaban J connectivity index is 1.55. The van der Waals surface area contributed by atoms with Gasteiger partial charge in [0.15, 0.2) is 11.5 Å². The Morgan fingerprint density at radius 3 is 2.86 bits per heavy atom. The van der Waals surface area contributed by atoms with Crippen LogP contribution in [0, 0.1) is 11.3 Å². The minimum absolute atomic E-state index is 0.550. The number of rotatable bonds is 7. The zero-order valence-electron chi connectivity index (χ0n) is 12.4. The second-order valence-corrected chi connectivity index (χ2v) is 6.41. The highest BCUT2D eigenvalue weighted by Gasteiger charge is 2.53. The van der Waals surface area contributed by atoms with Crippen LogP contribution in [0.1, 0.15) is 39.0 Å². The van der Waals surface area contributed by atoms with Crippen LogP contribution in [-0.4, -0.2) is 33.0 Å². The summed E-state index contributed by atoms with van der Waals surface area (Å²) in [5.74, 6) is 2.49. The van der Waals surface area contributed by atoms with Gasteiger partial charge in [-0.05, 0) is 43.4 Å². The van der Waals surface area contributed by atoms with Crippen molar-refractivity contribution in [2.45, 2.75) is 39.0 Å². The lowest BCUT2D eigenvalue weighted by Gasteiger charge is -2.16. The lowest BCUT2D eigenvalue weighted by atomic mass is 10.0. The minimum Gasteiger partial charge on any atom is -0.368 e. The number of hydrogen-bond acceptors (Lipinski definition) is 5. The van der Waals surface area contributed by atoms with Gasteiger partial charge in [0.25, 0.3) is 0 Å². The second kappa shape index (κ2) is 4.86. The molecule has 2 heterocycles. The predicted octanol–water partition coefficient (Wildman–Crippen LogP) is 2.78. The van der Waals surface area contributed by atoms with Crippen molar-refractivity contribution < 1.29 is 0 Å². The third-order valence-corrected chi connectivity index (χ3v) is 4.76. The van der Waals surface area contributed by atoms with Crippen LogP contribution >= 0.6 is 0 Å². The highest BCUT2D eigenvalue weighted by molar-refractivity contribution is 5.83. The summed E-state index contributed by atoms with van der Waals surface area (Å²) >= 11 is 0. The van der Waals surface area contributed by atoms with Gasteiger partial charge in [0, 0.05) is 13.1 Å². The molecule has 0 bridgehead atoms. The van der Waals surface area contributed by atoms with Crippen LogP contribution < -0.4 is 10.6 Å². The Morgan fingerprint density at radius 2 is 2.14 bits per heavy atom. The molecule has 0 aliphatic heterocycles. The van der Waals surface area contributed by atoms with Gasteiger partial charge in [0.05, 0.1) is 6.33 Å². The summed E-state index contributed by atoms with van der Waals surface area (Å²) in [6, 6.07) is 0. The van der Waals surface area contributed by atoms with E-state index in [4.69, 9.17) is 0 Å². The Hall–Kier alpha value is -1.85. The summed E-state index contributed by atoms with van der Waals surface area (Å²) in [6.45, 7) is 4.03. The molecule has 6 heteroatoms. The lowest BCUT2D eigenvalue weighted by Crippen LogP contribution is -2.18. The maximum absolute atomic E-state index is 4.62. The van der Waals surface area contributed by atoms with Crippen molar-refractivity contribution >= 4 is 22.9 Å². The summed E-state index contributed by atoms with van der Waals surface area (Å²) in [5, 5.41) is 6.80. The van der Waals surface area contributed by atoms with E-state index < -0.39 is 0 Å². The van der Waals surface area contributed by atoms with Crippen molar-refractivity contribution in [3.05, 3.63) is 6.33 Å². The van der Waals surface area contributed by atoms with Gasteiger partial charge in [-0.3, -0.25) is 0 Å². The number of fused-ring (bicyclic) bond motifs is 1. The van der Waals surface area contributed by atoms with E-state index in [-0.39, 0.29) is 0 Å². The van der Waals surface area contributed by atoms with E-state index in [1.54, 1.807) is 6.33 Å². The molecule has 0 saturated heterocycles. The number of hydrogen-bond donors (Lipinski definition) is 3. The zero-order valence-corrected chi connectivity index (χ0v) is 12.4. The van der Waals surface area contributed by atoms with Crippen molar-refractivity contribution in [3.8, 4) is 0 Å². The molecule has 2 saturated carbocycles. The molecule has 112 valence electrons. The molecule has 2 aliphatic rings. The van der Waals surface area contributed by atoms with Crippen molar-refractivity contribution in [1.29, 1.82) is 0 Å². The third-order valence-electron chi connectivity index (χ3n) is 4.76. The van der Waals surface area contributed by atoms with Gasteiger partial charge in [-0.25, -0.2) is 4.98 Å². The SMILES string of the molecule is CCCNc1nc(NCC2(C3CC3)CC2)c2[nH]cnc2n1. The van der Waals surface area contributed by atoms with Crippen LogP contribution in [0.25, 0.3) is 11.2 Å². The van der Waals surface area contributed by atoms with Crippen molar-refractivity contribution in [1.82, 2.24) is 19.9 Å². The molecule has 2 aliphatic carbocycles. The molecule has 0 aromatic carbocycles. The molecule has 6 nitrogen and oxygen atoms in total. The fraction of sp³-hybridized carbons (Fsp3) is 0.667. The van der Waals surface area contributed by atoms with E-state index in [1.165, 1.54) is 25.7 Å². The molecular formula is C15H22N6. The first-order valence-corrected chi connectivity index (χ1v) is 7.99. The molecule has 0 amide bonds. The van der Waals surface area contributed by atoms with Crippen molar-refractivity contribution in [2.75, 3.05) is 23.7 Å². The monoisotopic (exact) mass is 286 g/mol. The van der Waals surface area contributed by atoms with Gasteiger partial charge < -0.3 is 15.6 Å². The number of H-pyrrole nitrogens is 1. The van der Waals surface area contributed by atoms with Gasteiger partial charge in [-0.2, -0.15) is 9.97 Å². The summed E-state index contributed by atoms with van der Waals surface area (Å²) in [4.78, 5) is 16.5. The summed E-state index contributed by atoms with van der Waals surface area (Å²) < 4.78 is 0. The average molecular weight is 286 g/mol. The summed E-state index contributed by atoms with van der Waals surface area (Å²) in [6.07, 6.45) is 8.28. The van der Waals surface area contributed by atoms with Gasteiger partial charge in [0.1, 0.15) is 5.52 Å². The van der Waals surface area contributed by atoms with E-state index in [1.807, 2.05) is 0 Å². The Kier molecular flexibility index (Phi) is 2.97. The minimum atomic E-state index is 0.550. The number of aromatic amines is 1. The largest absolute Gasteiger partial charge is 0.368 e. The fourth-order valence-electron chi connectivity index (χ4n) is 3.12. The molecule has 3 N–H and O–H groups in total. The summed E-state index contributed by atoms with van der Waals surface area (Å²) in [5.41, 5.74) is 2.18. The molecule has 21 heavy (non-hydrogen) atoms. The fourth-order valence-corrected chi connectivity index (χ4v) is 3.12. The first-order chi connectivity index (χ1) is 10.3. The van der Waals surface area contributed by atoms with E-state index in [2.05, 4.69) is 37.5 Å². The topological polar surface area (TPSA) is 78.5 Å². The molecule has 2 aromatic heterocycles. The lowest BCUT2D eigenvalue weighted by molar-refractivity contribution is 0.466. The maximum atomic E-state index is 4.62. The van der Waals surface area contributed by atoms with E-state index in [9.17, 15) is 0 Å². The van der Waals surface area contributed by atoms with E-state index >= 15 is 0 Å². The smallest absolute Gasteiger partial charge is 0.226 e. The standard InChI is InChI=1S/C15H22N6/c1-2-7-16-14-20-12(11-13(21-14)19-9-18-11)17-8-15(5-6-15)10-3-4-10/h9-10H,2-8H2,1H3,(H3,16,17,18,19,20,21). The highest BCUT2D eigenvalue weighted by Crippen LogP contribution is 2.61. The first-order valence-electron chi connectivity index (χ1n) is 7.99. The van der Waals surface area contributed by atoms with Crippen LogP contribution in [0.2, 0.25) is 0 Å². The van der Waals surface area contributed by atoms with Crippen LogP contribution in [0.4, 0.5) is 11.8 Å². The normalized spacial score (nSPS) is 19.7. The van der Waals surface area contributed by atoms with Crippen LogP contribution in [-0.2, 0) is 0 Å². The third kappa shape index (κ3) is 2.43. The summed E-state index contributed by atoms with van der Waals surface area (Å²) in [7, 11) is 0. The molecule has 2 fully saturated rings. The molecule has 0 unspecified atom stereocenters. The first kappa shape index (κ1) is 12.9. The molecule has 0 spiro atoms. The Bertz CT molecular complexity index is 641. The quantitative estimate of drug-likeness (QED) is 0.729. The number of anilines is 2. The van der Waals surface area contributed by atoms with Crippen LogP contribution in [0.3, 0.4) is 0 Å². The Labute approximate surface area is 124 Å². The van der Waals surface area contributed by atoms with Gasteiger partial charge in [-0.1, -0.05) is 6.92 Å². The second-order valence-electron chi connectivity index (χ2n) is 6.41. The van der Waals surface area contributed by atoms with E-state index in [0.717, 1.165) is 42.4 Å². The zero-order chi connectivity index (χ0) is 14.3. The van der Waals surface area contributed by atoms with Gasteiger partial charge in [-0.15, -0.1) is 0 Å². The molecule has 0 atom stereocenters. The molecule has 2 aromatic rings. The van der Waals surface area contributed by atoms with Gasteiger partial charge in [0.2, 0.25) is 5.95 Å². The number of nitrogens with one attached hydrogen (secondary N) is 3. The Morgan fingerprint density at radius 1 is 1.29 bits per heavy atom. The molecule has 0 radical (unpaired) electrons. The van der Waals surface area contributed by atoms with Crippen LogP contribution in [0.15, 0.2) is 6.33 Å². The molecule has 4 rings (SSSR count). The number of nitrogens with zero attached hydrogens (tertiary/aromatic N) is 3. The van der Waals surface area contributed by atoms with Crippen molar-refractivity contribution in [2.24, 2.45) is 11.3 Å². The average Bonchev–Trinajstić information content (AvgIpc) is 3.40. The van der Waals surface area contributed by atoms with Crippen LogP contribution in [0.5, 0.6) is 0 Å². The maximum Gasteiger partial charge on any atom is 0.226 e. The van der Waals surface area contributed by atoms with Gasteiger partial charge >= 0.3 is 0 Å². The van der Waals surface area contributed by atoms with Crippen molar-refractivity contribution in [3.63, 3.8) is 0 Å². The number of aromatic nitrogens is 4. The highest BCUT2D eigenvalue weighted by atomic mass is 15.2. The van der Waals surface area contributed by atoms with E-state index in [0.29, 0.717) is 11.4 Å². The molecular weight excluding hydrogens is 264 g/mol.